The summed E-state index contributed by atoms with van der Waals surface area (Å²) in [6.07, 6.45) is 3.07. The average Bonchev–Trinajstić information content (AvgIpc) is 2.18. The number of hydrogen-bond donors (Lipinski definition) is 2. The van der Waals surface area contributed by atoms with E-state index in [0.29, 0.717) is 0 Å². The first-order valence-corrected chi connectivity index (χ1v) is 5.74. The molecule has 2 unspecified atom stereocenters. The molecule has 2 atom stereocenters. The number of benzene rings is 1. The van der Waals surface area contributed by atoms with Crippen molar-refractivity contribution in [2.45, 2.75) is 45.2 Å². The van der Waals surface area contributed by atoms with Crippen LogP contribution in [0, 0.1) is 0 Å². The van der Waals surface area contributed by atoms with Crippen molar-refractivity contribution in [2.24, 2.45) is 11.5 Å². The number of hydrogen-bond acceptors (Lipinski definition) is 2. The molecule has 0 amide bonds. The highest BCUT2D eigenvalue weighted by atomic mass is 14.6. The van der Waals surface area contributed by atoms with E-state index < -0.39 is 0 Å². The maximum Gasteiger partial charge on any atom is 0.0297 e. The zero-order valence-corrected chi connectivity index (χ0v) is 9.74. The average molecular weight is 206 g/mol. The van der Waals surface area contributed by atoms with E-state index in [2.05, 4.69) is 31.2 Å². The summed E-state index contributed by atoms with van der Waals surface area (Å²) in [5.74, 6) is 0. The second-order valence-corrected chi connectivity index (χ2v) is 4.28. The summed E-state index contributed by atoms with van der Waals surface area (Å²) in [6.45, 7) is 4.19. The third kappa shape index (κ3) is 3.65. The minimum atomic E-state index is 0.157. The van der Waals surface area contributed by atoms with Gasteiger partial charge in [-0.05, 0) is 30.9 Å². The Morgan fingerprint density at radius 1 is 1.20 bits per heavy atom. The Balaban J connectivity index is 2.85. The molecule has 2 nitrogen and oxygen atoms in total. The fraction of sp³-hybridized carbons (Fsp3) is 0.538. The zero-order valence-electron chi connectivity index (χ0n) is 9.74. The van der Waals surface area contributed by atoms with Crippen molar-refractivity contribution in [1.29, 1.82) is 0 Å². The molecule has 15 heavy (non-hydrogen) atoms. The maximum atomic E-state index is 6.14. The van der Waals surface area contributed by atoms with E-state index in [4.69, 9.17) is 11.5 Å². The van der Waals surface area contributed by atoms with Gasteiger partial charge >= 0.3 is 0 Å². The Bertz CT molecular complexity index is 294. The third-order valence-corrected chi connectivity index (χ3v) is 2.60. The predicted octanol–water partition coefficient (Wildman–Crippen LogP) is 2.38. The van der Waals surface area contributed by atoms with Gasteiger partial charge < -0.3 is 11.5 Å². The summed E-state index contributed by atoms with van der Waals surface area (Å²) >= 11 is 0. The van der Waals surface area contributed by atoms with E-state index in [9.17, 15) is 0 Å². The molecule has 0 saturated carbocycles. The topological polar surface area (TPSA) is 52.0 Å². The summed E-state index contributed by atoms with van der Waals surface area (Å²) in [4.78, 5) is 0. The smallest absolute Gasteiger partial charge is 0.0297 e. The lowest BCUT2D eigenvalue weighted by molar-refractivity contribution is 0.624. The largest absolute Gasteiger partial charge is 0.328 e. The normalized spacial score (nSPS) is 14.9. The summed E-state index contributed by atoms with van der Waals surface area (Å²) < 4.78 is 0. The quantitative estimate of drug-likeness (QED) is 0.777. The van der Waals surface area contributed by atoms with Crippen LogP contribution in [0.15, 0.2) is 24.3 Å². The fourth-order valence-corrected chi connectivity index (χ4v) is 1.90. The van der Waals surface area contributed by atoms with Crippen LogP contribution in [-0.2, 0) is 6.42 Å². The lowest BCUT2D eigenvalue weighted by Gasteiger charge is -2.17. The number of nitrogens with two attached hydrogens (primary N) is 2. The first-order valence-electron chi connectivity index (χ1n) is 5.74. The molecule has 1 aromatic carbocycles. The summed E-state index contributed by atoms with van der Waals surface area (Å²) in [5, 5.41) is 0. The first kappa shape index (κ1) is 12.2. The highest BCUT2D eigenvalue weighted by Gasteiger charge is 2.10. The molecule has 0 aromatic heterocycles. The summed E-state index contributed by atoms with van der Waals surface area (Å²) in [5.41, 5.74) is 14.5. The molecule has 0 spiro atoms. The van der Waals surface area contributed by atoms with Crippen molar-refractivity contribution in [3.8, 4) is 0 Å². The van der Waals surface area contributed by atoms with Crippen molar-refractivity contribution in [1.82, 2.24) is 0 Å². The minimum absolute atomic E-state index is 0.157. The van der Waals surface area contributed by atoms with Crippen LogP contribution in [0.4, 0.5) is 0 Å². The summed E-state index contributed by atoms with van der Waals surface area (Å²) in [6, 6.07) is 8.71. The Labute approximate surface area is 92.7 Å². The molecule has 4 N–H and O–H groups in total. The molecule has 0 aliphatic carbocycles. The van der Waals surface area contributed by atoms with Gasteiger partial charge in [-0.1, -0.05) is 37.6 Å². The van der Waals surface area contributed by atoms with Crippen LogP contribution < -0.4 is 11.5 Å². The van der Waals surface area contributed by atoms with Crippen molar-refractivity contribution in [2.75, 3.05) is 0 Å². The maximum absolute atomic E-state index is 6.14. The Kier molecular flexibility index (Phi) is 4.79. The third-order valence-electron chi connectivity index (χ3n) is 2.60. The highest BCUT2D eigenvalue weighted by Crippen LogP contribution is 2.20. The molecular weight excluding hydrogens is 184 g/mol. The lowest BCUT2D eigenvalue weighted by Crippen LogP contribution is -2.20. The second kappa shape index (κ2) is 5.89. The van der Waals surface area contributed by atoms with E-state index in [-0.39, 0.29) is 12.1 Å². The van der Waals surface area contributed by atoms with Crippen LogP contribution in [-0.4, -0.2) is 6.04 Å². The Hall–Kier alpha value is -0.860. The van der Waals surface area contributed by atoms with E-state index in [1.165, 1.54) is 11.1 Å². The van der Waals surface area contributed by atoms with Gasteiger partial charge in [-0.15, -0.1) is 0 Å². The molecule has 0 aliphatic rings. The second-order valence-electron chi connectivity index (χ2n) is 4.28. The zero-order chi connectivity index (χ0) is 11.3. The first-order chi connectivity index (χ1) is 7.15. The monoisotopic (exact) mass is 206 g/mol. The van der Waals surface area contributed by atoms with Crippen LogP contribution in [0.25, 0.3) is 0 Å². The van der Waals surface area contributed by atoms with Gasteiger partial charge in [0.1, 0.15) is 0 Å². The van der Waals surface area contributed by atoms with Crippen LogP contribution in [0.2, 0.25) is 0 Å². The standard InChI is InChI=1S/C13H22N2/c1-3-6-13(15)12-8-5-4-7-11(12)9-10(2)14/h4-5,7-8,10,13H,3,6,9,14-15H2,1-2H3. The minimum Gasteiger partial charge on any atom is -0.328 e. The molecule has 0 radical (unpaired) electrons. The molecule has 0 saturated heterocycles. The molecule has 1 rings (SSSR count). The molecule has 0 bridgehead atoms. The van der Waals surface area contributed by atoms with Crippen LogP contribution >= 0.6 is 0 Å². The van der Waals surface area contributed by atoms with Crippen LogP contribution in [0.5, 0.6) is 0 Å². The molecule has 1 aromatic rings. The van der Waals surface area contributed by atoms with Gasteiger partial charge in [0.25, 0.3) is 0 Å². The van der Waals surface area contributed by atoms with Gasteiger partial charge in [0, 0.05) is 12.1 Å². The molecule has 84 valence electrons. The Morgan fingerprint density at radius 2 is 1.87 bits per heavy atom. The van der Waals surface area contributed by atoms with Crippen LogP contribution in [0.3, 0.4) is 0 Å². The summed E-state index contributed by atoms with van der Waals surface area (Å²) in [7, 11) is 0. The fourth-order valence-electron chi connectivity index (χ4n) is 1.90. The van der Waals surface area contributed by atoms with Gasteiger partial charge in [0.15, 0.2) is 0 Å². The van der Waals surface area contributed by atoms with E-state index >= 15 is 0 Å². The van der Waals surface area contributed by atoms with Gasteiger partial charge in [0.05, 0.1) is 0 Å². The Morgan fingerprint density at radius 3 is 2.47 bits per heavy atom. The molecule has 0 fully saturated rings. The van der Waals surface area contributed by atoms with Crippen molar-refractivity contribution >= 4 is 0 Å². The number of rotatable bonds is 5. The van der Waals surface area contributed by atoms with E-state index in [0.717, 1.165) is 19.3 Å². The van der Waals surface area contributed by atoms with Crippen molar-refractivity contribution in [3.05, 3.63) is 35.4 Å². The molecular formula is C13H22N2. The SMILES string of the molecule is CCCC(N)c1ccccc1CC(C)N. The van der Waals surface area contributed by atoms with Gasteiger partial charge in [-0.25, -0.2) is 0 Å². The molecule has 0 aliphatic heterocycles. The predicted molar refractivity (Wildman–Crippen MR) is 65.6 cm³/mol. The molecule has 2 heteroatoms. The molecule has 0 heterocycles. The van der Waals surface area contributed by atoms with Gasteiger partial charge in [-0.2, -0.15) is 0 Å². The van der Waals surface area contributed by atoms with Crippen molar-refractivity contribution < 1.29 is 0 Å². The van der Waals surface area contributed by atoms with E-state index in [1.807, 2.05) is 6.92 Å². The van der Waals surface area contributed by atoms with Gasteiger partial charge in [0.2, 0.25) is 0 Å². The lowest BCUT2D eigenvalue weighted by atomic mass is 9.94. The van der Waals surface area contributed by atoms with Gasteiger partial charge in [-0.3, -0.25) is 0 Å². The van der Waals surface area contributed by atoms with Crippen LogP contribution in [0.1, 0.15) is 43.9 Å². The highest BCUT2D eigenvalue weighted by molar-refractivity contribution is 5.30. The van der Waals surface area contributed by atoms with Crippen molar-refractivity contribution in [3.63, 3.8) is 0 Å². The van der Waals surface area contributed by atoms with E-state index in [1.54, 1.807) is 0 Å².